The number of piperidine rings is 1. The van der Waals surface area contributed by atoms with Crippen molar-refractivity contribution in [2.45, 2.75) is 51.6 Å². The number of hydrogen-bond acceptors (Lipinski definition) is 2. The zero-order valence-electron chi connectivity index (χ0n) is 12.1. The molecule has 0 aliphatic carbocycles. The predicted octanol–water partition coefficient (Wildman–Crippen LogP) is 3.39. The van der Waals surface area contributed by atoms with Gasteiger partial charge >= 0.3 is 0 Å². The van der Waals surface area contributed by atoms with Gasteiger partial charge in [0.15, 0.2) is 0 Å². The summed E-state index contributed by atoms with van der Waals surface area (Å²) in [5.74, 6) is 0.593. The molecule has 2 rings (SSSR count). The molecule has 1 aromatic carbocycles. The van der Waals surface area contributed by atoms with Crippen molar-refractivity contribution < 1.29 is 0 Å². The van der Waals surface area contributed by atoms with Crippen molar-refractivity contribution in [2.75, 3.05) is 18.5 Å². The minimum atomic E-state index is 0.593. The molecular weight excluding hydrogens is 220 g/mol. The first-order valence-electron chi connectivity index (χ1n) is 7.16. The van der Waals surface area contributed by atoms with Crippen LogP contribution in [0.3, 0.4) is 0 Å². The molecule has 0 amide bonds. The first-order chi connectivity index (χ1) is 8.63. The van der Waals surface area contributed by atoms with Gasteiger partial charge in [-0.25, -0.2) is 0 Å². The minimum absolute atomic E-state index is 0.593. The maximum absolute atomic E-state index is 3.42. The number of nitrogens with one attached hydrogen (secondary N) is 1. The molecule has 2 unspecified atom stereocenters. The summed E-state index contributed by atoms with van der Waals surface area (Å²) in [5, 5.41) is 3.42. The summed E-state index contributed by atoms with van der Waals surface area (Å²) in [4.78, 5) is 2.59. The number of para-hydroxylation sites is 1. The highest BCUT2D eigenvalue weighted by molar-refractivity contribution is 5.56. The Bertz CT molecular complexity index is 386. The van der Waals surface area contributed by atoms with E-state index in [1.54, 1.807) is 0 Å². The van der Waals surface area contributed by atoms with Crippen molar-refractivity contribution in [1.82, 2.24) is 5.32 Å². The van der Waals surface area contributed by atoms with Gasteiger partial charge in [-0.1, -0.05) is 32.0 Å². The van der Waals surface area contributed by atoms with E-state index in [9.17, 15) is 0 Å². The van der Waals surface area contributed by atoms with E-state index in [1.165, 1.54) is 24.1 Å². The van der Waals surface area contributed by atoms with E-state index in [0.717, 1.165) is 6.54 Å². The highest BCUT2D eigenvalue weighted by atomic mass is 15.2. The smallest absolute Gasteiger partial charge is 0.0403 e. The van der Waals surface area contributed by atoms with Crippen molar-refractivity contribution in [3.63, 3.8) is 0 Å². The summed E-state index contributed by atoms with van der Waals surface area (Å²) in [7, 11) is 2.08. The summed E-state index contributed by atoms with van der Waals surface area (Å²) >= 11 is 0. The van der Waals surface area contributed by atoms with Crippen LogP contribution in [0.5, 0.6) is 0 Å². The van der Waals surface area contributed by atoms with Crippen molar-refractivity contribution in [1.29, 1.82) is 0 Å². The lowest BCUT2D eigenvalue weighted by atomic mass is 9.94. The van der Waals surface area contributed by atoms with Gasteiger partial charge in [0.25, 0.3) is 0 Å². The Morgan fingerprint density at radius 2 is 2.00 bits per heavy atom. The molecule has 18 heavy (non-hydrogen) atoms. The number of rotatable bonds is 3. The van der Waals surface area contributed by atoms with Gasteiger partial charge in [0.1, 0.15) is 0 Å². The van der Waals surface area contributed by atoms with Crippen molar-refractivity contribution in [2.24, 2.45) is 0 Å². The minimum Gasteiger partial charge on any atom is -0.368 e. The third-order valence-corrected chi connectivity index (χ3v) is 4.15. The summed E-state index contributed by atoms with van der Waals surface area (Å²) < 4.78 is 0. The number of nitrogens with zero attached hydrogens (tertiary/aromatic N) is 1. The molecule has 1 aromatic rings. The maximum atomic E-state index is 3.42. The summed E-state index contributed by atoms with van der Waals surface area (Å²) in [6.45, 7) is 8.07. The Labute approximate surface area is 111 Å². The lowest BCUT2D eigenvalue weighted by Gasteiger charge is -2.40. The molecule has 0 radical (unpaired) electrons. The van der Waals surface area contributed by atoms with Gasteiger partial charge in [-0.2, -0.15) is 0 Å². The van der Waals surface area contributed by atoms with E-state index in [0.29, 0.717) is 18.0 Å². The summed E-state index contributed by atoms with van der Waals surface area (Å²) in [5.41, 5.74) is 2.92. The SMILES string of the molecule is CNC1CCN(c2ccccc2C(C)C)C(C)C1. The highest BCUT2D eigenvalue weighted by Gasteiger charge is 2.26. The first kappa shape index (κ1) is 13.4. The van der Waals surface area contributed by atoms with Crippen LogP contribution in [0.4, 0.5) is 5.69 Å². The lowest BCUT2D eigenvalue weighted by Crippen LogP contribution is -2.47. The molecule has 1 aliphatic rings. The largest absolute Gasteiger partial charge is 0.368 e. The van der Waals surface area contributed by atoms with Gasteiger partial charge in [-0.3, -0.25) is 0 Å². The standard InChI is InChI=1S/C16H26N2/c1-12(2)15-7-5-6-8-16(15)18-10-9-14(17-4)11-13(18)3/h5-8,12-14,17H,9-11H2,1-4H3. The van der Waals surface area contributed by atoms with E-state index in [4.69, 9.17) is 0 Å². The second-order valence-electron chi connectivity index (χ2n) is 5.77. The number of hydrogen-bond donors (Lipinski definition) is 1. The van der Waals surface area contributed by atoms with Crippen molar-refractivity contribution in [3.8, 4) is 0 Å². The molecule has 2 atom stereocenters. The van der Waals surface area contributed by atoms with Crippen LogP contribution in [0.15, 0.2) is 24.3 Å². The Morgan fingerprint density at radius 3 is 2.61 bits per heavy atom. The van der Waals surface area contributed by atoms with E-state index in [-0.39, 0.29) is 0 Å². The second kappa shape index (κ2) is 5.75. The Hall–Kier alpha value is -1.02. The van der Waals surface area contributed by atoms with Crippen LogP contribution >= 0.6 is 0 Å². The molecular formula is C16H26N2. The molecule has 100 valence electrons. The van der Waals surface area contributed by atoms with Gasteiger partial charge in [0.2, 0.25) is 0 Å². The first-order valence-corrected chi connectivity index (χ1v) is 7.16. The molecule has 2 heteroatoms. The molecule has 1 N–H and O–H groups in total. The Balaban J connectivity index is 2.22. The van der Waals surface area contributed by atoms with Crippen LogP contribution in [0, 0.1) is 0 Å². The lowest BCUT2D eigenvalue weighted by molar-refractivity contribution is 0.386. The van der Waals surface area contributed by atoms with Crippen LogP contribution < -0.4 is 10.2 Å². The van der Waals surface area contributed by atoms with E-state index in [1.807, 2.05) is 0 Å². The molecule has 0 aromatic heterocycles. The maximum Gasteiger partial charge on any atom is 0.0403 e. The van der Waals surface area contributed by atoms with Crippen LogP contribution in [0.25, 0.3) is 0 Å². The third-order valence-electron chi connectivity index (χ3n) is 4.15. The van der Waals surface area contributed by atoms with Crippen LogP contribution in [0.1, 0.15) is 45.1 Å². The van der Waals surface area contributed by atoms with Gasteiger partial charge in [-0.15, -0.1) is 0 Å². The topological polar surface area (TPSA) is 15.3 Å². The molecule has 1 saturated heterocycles. The summed E-state index contributed by atoms with van der Waals surface area (Å²) in [6, 6.07) is 10.2. The molecule has 0 spiro atoms. The fourth-order valence-corrected chi connectivity index (χ4v) is 3.03. The van der Waals surface area contributed by atoms with Crippen molar-refractivity contribution >= 4 is 5.69 Å². The fraction of sp³-hybridized carbons (Fsp3) is 0.625. The molecule has 1 aliphatic heterocycles. The molecule has 0 saturated carbocycles. The van der Waals surface area contributed by atoms with Crippen molar-refractivity contribution in [3.05, 3.63) is 29.8 Å². The quantitative estimate of drug-likeness (QED) is 0.879. The van der Waals surface area contributed by atoms with E-state index < -0.39 is 0 Å². The predicted molar refractivity (Wildman–Crippen MR) is 79.4 cm³/mol. The van der Waals surface area contributed by atoms with Gasteiger partial charge in [0, 0.05) is 24.3 Å². The fourth-order valence-electron chi connectivity index (χ4n) is 3.03. The van der Waals surface area contributed by atoms with Gasteiger partial charge < -0.3 is 10.2 Å². The van der Waals surface area contributed by atoms with Gasteiger partial charge in [-0.05, 0) is 44.4 Å². The van der Waals surface area contributed by atoms with Crippen LogP contribution in [0.2, 0.25) is 0 Å². The third kappa shape index (κ3) is 2.69. The zero-order chi connectivity index (χ0) is 13.1. The van der Waals surface area contributed by atoms with Gasteiger partial charge in [0.05, 0.1) is 0 Å². The van der Waals surface area contributed by atoms with Crippen LogP contribution in [-0.2, 0) is 0 Å². The Morgan fingerprint density at radius 1 is 1.28 bits per heavy atom. The Kier molecular flexibility index (Phi) is 4.28. The van der Waals surface area contributed by atoms with Crippen LogP contribution in [-0.4, -0.2) is 25.7 Å². The molecule has 2 nitrogen and oxygen atoms in total. The summed E-state index contributed by atoms with van der Waals surface area (Å²) in [6.07, 6.45) is 2.48. The zero-order valence-corrected chi connectivity index (χ0v) is 12.1. The monoisotopic (exact) mass is 246 g/mol. The van der Waals surface area contributed by atoms with E-state index in [2.05, 4.69) is 62.3 Å². The highest BCUT2D eigenvalue weighted by Crippen LogP contribution is 2.31. The number of anilines is 1. The normalized spacial score (nSPS) is 24.6. The van der Waals surface area contributed by atoms with E-state index >= 15 is 0 Å². The molecule has 0 bridgehead atoms. The average Bonchev–Trinajstić information content (AvgIpc) is 2.38. The average molecular weight is 246 g/mol. The molecule has 1 heterocycles. The second-order valence-corrected chi connectivity index (χ2v) is 5.77. The molecule has 1 fully saturated rings. The number of benzene rings is 1.